The number of hydrogen-bond acceptors (Lipinski definition) is 3. The summed E-state index contributed by atoms with van der Waals surface area (Å²) in [4.78, 5) is 26.9. The molecule has 0 bridgehead atoms. The maximum absolute atomic E-state index is 13.0. The highest BCUT2D eigenvalue weighted by molar-refractivity contribution is 5.82. The molecule has 1 atom stereocenters. The van der Waals surface area contributed by atoms with Crippen molar-refractivity contribution in [2.24, 2.45) is 5.92 Å². The van der Waals surface area contributed by atoms with Gasteiger partial charge in [0.25, 0.3) is 0 Å². The summed E-state index contributed by atoms with van der Waals surface area (Å²) in [6.07, 6.45) is 3.59. The second-order valence-corrected chi connectivity index (χ2v) is 7.72. The summed E-state index contributed by atoms with van der Waals surface area (Å²) in [5.74, 6) is 0.357. The molecule has 1 heterocycles. The van der Waals surface area contributed by atoms with E-state index in [1.54, 1.807) is 24.1 Å². The maximum Gasteiger partial charge on any atom is 0.227 e. The average Bonchev–Trinajstić information content (AvgIpc) is 2.78. The monoisotopic (exact) mass is 412 g/mol. The van der Waals surface area contributed by atoms with E-state index in [0.717, 1.165) is 37.0 Å². The number of amides is 2. The van der Waals surface area contributed by atoms with Crippen molar-refractivity contribution in [3.05, 3.63) is 65.5 Å². The third-order valence-electron chi connectivity index (χ3n) is 5.51. The first-order valence-corrected chi connectivity index (χ1v) is 10.5. The minimum Gasteiger partial charge on any atom is -0.497 e. The van der Waals surface area contributed by atoms with Crippen molar-refractivity contribution in [3.63, 3.8) is 0 Å². The van der Waals surface area contributed by atoms with Crippen LogP contribution in [0.3, 0.4) is 0 Å². The molecule has 1 aliphatic rings. The van der Waals surface area contributed by atoms with Crippen molar-refractivity contribution in [2.45, 2.75) is 32.1 Å². The SMILES string of the molecule is COc1ccc(CCCNC(=O)C2CCCN(C(=O)Cc3ccc(F)cc3)C2)cc1. The second kappa shape index (κ2) is 10.8. The molecule has 0 saturated carbocycles. The largest absolute Gasteiger partial charge is 0.497 e. The molecule has 1 N–H and O–H groups in total. The topological polar surface area (TPSA) is 58.6 Å². The van der Waals surface area contributed by atoms with Gasteiger partial charge in [0, 0.05) is 19.6 Å². The fraction of sp³-hybridized carbons (Fsp3) is 0.417. The average molecular weight is 413 g/mol. The third kappa shape index (κ3) is 6.31. The van der Waals surface area contributed by atoms with Crippen LogP contribution >= 0.6 is 0 Å². The Balaban J connectivity index is 1.40. The number of nitrogens with zero attached hydrogens (tertiary/aromatic N) is 1. The summed E-state index contributed by atoms with van der Waals surface area (Å²) in [5, 5.41) is 3.02. The summed E-state index contributed by atoms with van der Waals surface area (Å²) in [6.45, 7) is 1.73. The van der Waals surface area contributed by atoms with Gasteiger partial charge in [0.1, 0.15) is 11.6 Å². The first-order chi connectivity index (χ1) is 14.5. The van der Waals surface area contributed by atoms with Crippen LogP contribution in [-0.2, 0) is 22.4 Å². The fourth-order valence-corrected chi connectivity index (χ4v) is 3.75. The van der Waals surface area contributed by atoms with Gasteiger partial charge >= 0.3 is 0 Å². The zero-order valence-electron chi connectivity index (χ0n) is 17.4. The minimum absolute atomic E-state index is 0.0152. The van der Waals surface area contributed by atoms with E-state index in [9.17, 15) is 14.0 Å². The number of methoxy groups -OCH3 is 1. The van der Waals surface area contributed by atoms with Crippen molar-refractivity contribution in [2.75, 3.05) is 26.7 Å². The van der Waals surface area contributed by atoms with Gasteiger partial charge in [0.05, 0.1) is 19.4 Å². The van der Waals surface area contributed by atoms with Crippen LogP contribution in [0.15, 0.2) is 48.5 Å². The lowest BCUT2D eigenvalue weighted by molar-refractivity contribution is -0.135. The molecule has 0 radical (unpaired) electrons. The molecule has 0 spiro atoms. The number of aryl methyl sites for hydroxylation is 1. The molecule has 2 aromatic carbocycles. The van der Waals surface area contributed by atoms with Crippen molar-refractivity contribution < 1.29 is 18.7 Å². The number of likely N-dealkylation sites (tertiary alicyclic amines) is 1. The van der Waals surface area contributed by atoms with Gasteiger partial charge in [-0.3, -0.25) is 9.59 Å². The van der Waals surface area contributed by atoms with Gasteiger partial charge in [0.2, 0.25) is 11.8 Å². The summed E-state index contributed by atoms with van der Waals surface area (Å²) in [7, 11) is 1.65. The molecule has 0 aliphatic carbocycles. The van der Waals surface area contributed by atoms with Gasteiger partial charge in [-0.05, 0) is 61.1 Å². The maximum atomic E-state index is 13.0. The van der Waals surface area contributed by atoms with Crippen molar-refractivity contribution in [1.29, 1.82) is 0 Å². The van der Waals surface area contributed by atoms with E-state index in [1.807, 2.05) is 24.3 Å². The molecule has 1 aliphatic heterocycles. The van der Waals surface area contributed by atoms with Gasteiger partial charge in [-0.15, -0.1) is 0 Å². The highest BCUT2D eigenvalue weighted by atomic mass is 19.1. The summed E-state index contributed by atoms with van der Waals surface area (Å²) < 4.78 is 18.2. The normalized spacial score (nSPS) is 16.2. The van der Waals surface area contributed by atoms with Gasteiger partial charge in [-0.1, -0.05) is 24.3 Å². The quantitative estimate of drug-likeness (QED) is 0.677. The Morgan fingerprint density at radius 2 is 1.80 bits per heavy atom. The van der Waals surface area contributed by atoms with Gasteiger partial charge < -0.3 is 15.0 Å². The number of halogens is 1. The van der Waals surface area contributed by atoms with Crippen molar-refractivity contribution in [3.8, 4) is 5.75 Å². The third-order valence-corrected chi connectivity index (χ3v) is 5.51. The summed E-state index contributed by atoms with van der Waals surface area (Å²) >= 11 is 0. The Morgan fingerprint density at radius 3 is 2.50 bits per heavy atom. The summed E-state index contributed by atoms with van der Waals surface area (Å²) in [6, 6.07) is 13.9. The molecule has 2 amide bonds. The van der Waals surface area contributed by atoms with Crippen molar-refractivity contribution >= 4 is 11.8 Å². The number of piperidine rings is 1. The van der Waals surface area contributed by atoms with Crippen LogP contribution in [0.4, 0.5) is 4.39 Å². The lowest BCUT2D eigenvalue weighted by Crippen LogP contribution is -2.46. The van der Waals surface area contributed by atoms with E-state index in [2.05, 4.69) is 5.32 Å². The van der Waals surface area contributed by atoms with E-state index < -0.39 is 0 Å². The molecule has 1 fully saturated rings. The van der Waals surface area contributed by atoms with Crippen LogP contribution in [0.1, 0.15) is 30.4 Å². The van der Waals surface area contributed by atoms with Crippen LogP contribution < -0.4 is 10.1 Å². The number of rotatable bonds is 8. The highest BCUT2D eigenvalue weighted by Gasteiger charge is 2.28. The predicted molar refractivity (Wildman–Crippen MR) is 114 cm³/mol. The first-order valence-electron chi connectivity index (χ1n) is 10.5. The first kappa shape index (κ1) is 21.8. The molecule has 5 nitrogen and oxygen atoms in total. The fourth-order valence-electron chi connectivity index (χ4n) is 3.75. The number of carbonyl (C=O) groups is 2. The van der Waals surface area contributed by atoms with Crippen LogP contribution in [0.5, 0.6) is 5.75 Å². The Labute approximate surface area is 177 Å². The zero-order valence-corrected chi connectivity index (χ0v) is 17.4. The summed E-state index contributed by atoms with van der Waals surface area (Å²) in [5.41, 5.74) is 1.99. The lowest BCUT2D eigenvalue weighted by atomic mass is 9.96. The smallest absolute Gasteiger partial charge is 0.227 e. The lowest BCUT2D eigenvalue weighted by Gasteiger charge is -2.32. The van der Waals surface area contributed by atoms with Gasteiger partial charge in [-0.25, -0.2) is 4.39 Å². The van der Waals surface area contributed by atoms with Crippen molar-refractivity contribution in [1.82, 2.24) is 10.2 Å². The number of hydrogen-bond donors (Lipinski definition) is 1. The van der Waals surface area contributed by atoms with Crippen LogP contribution in [-0.4, -0.2) is 43.5 Å². The minimum atomic E-state index is -0.312. The molecule has 6 heteroatoms. The molecular formula is C24H29FN2O3. The van der Waals surface area contributed by atoms with Crippen LogP contribution in [0.25, 0.3) is 0 Å². The van der Waals surface area contributed by atoms with E-state index in [1.165, 1.54) is 17.7 Å². The van der Waals surface area contributed by atoms with E-state index in [-0.39, 0.29) is 30.0 Å². The van der Waals surface area contributed by atoms with E-state index >= 15 is 0 Å². The molecule has 1 unspecified atom stereocenters. The molecule has 0 aromatic heterocycles. The molecule has 160 valence electrons. The van der Waals surface area contributed by atoms with E-state index in [4.69, 9.17) is 4.74 Å². The van der Waals surface area contributed by atoms with E-state index in [0.29, 0.717) is 19.6 Å². The molecule has 1 saturated heterocycles. The Hall–Kier alpha value is -2.89. The molecule has 2 aromatic rings. The Kier molecular flexibility index (Phi) is 7.82. The molecule has 3 rings (SSSR count). The highest BCUT2D eigenvalue weighted by Crippen LogP contribution is 2.18. The zero-order chi connectivity index (χ0) is 21.3. The predicted octanol–water partition coefficient (Wildman–Crippen LogP) is 3.36. The molecular weight excluding hydrogens is 383 g/mol. The molecule has 30 heavy (non-hydrogen) atoms. The number of benzene rings is 2. The van der Waals surface area contributed by atoms with Gasteiger partial charge in [-0.2, -0.15) is 0 Å². The second-order valence-electron chi connectivity index (χ2n) is 7.72. The standard InChI is InChI=1S/C24H29FN2O3/c1-30-22-12-8-18(9-13-22)4-2-14-26-24(29)20-5-3-15-27(17-20)23(28)16-19-6-10-21(25)11-7-19/h6-13,20H,2-5,14-17H2,1H3,(H,26,29). The Bertz CT molecular complexity index is 837. The van der Waals surface area contributed by atoms with Gasteiger partial charge in [0.15, 0.2) is 0 Å². The number of nitrogens with one attached hydrogen (secondary N) is 1. The van der Waals surface area contributed by atoms with Crippen LogP contribution in [0.2, 0.25) is 0 Å². The number of carbonyl (C=O) groups excluding carboxylic acids is 2. The number of ether oxygens (including phenoxy) is 1. The van der Waals surface area contributed by atoms with Crippen LogP contribution in [0, 0.1) is 11.7 Å². The Morgan fingerprint density at radius 1 is 1.10 bits per heavy atom.